The second kappa shape index (κ2) is 4.98. The van der Waals surface area contributed by atoms with Gasteiger partial charge in [0.05, 0.1) is 5.56 Å². The van der Waals surface area contributed by atoms with Crippen LogP contribution in [-0.2, 0) is 4.74 Å². The van der Waals surface area contributed by atoms with Crippen LogP contribution in [0.2, 0.25) is 0 Å². The zero-order valence-electron chi connectivity index (χ0n) is 7.14. The summed E-state index contributed by atoms with van der Waals surface area (Å²) in [5, 5.41) is 0. The molecule has 3 heteroatoms. The van der Waals surface area contributed by atoms with Crippen LogP contribution >= 0.6 is 0 Å². The zero-order chi connectivity index (χ0) is 9.52. The number of ether oxygens (including phenoxy) is 1. The Morgan fingerprint density at radius 3 is 2.69 bits per heavy atom. The number of rotatable bonds is 3. The fourth-order valence-corrected chi connectivity index (χ4v) is 0.837. The molecule has 0 aromatic heterocycles. The van der Waals surface area contributed by atoms with E-state index in [0.29, 0.717) is 5.56 Å². The standard InChI is InChI=1S/C10H11NO2/c11-7-4-8-13-10(12)9-5-2-1-3-6-9/h1-7H,8,11H2. The Hall–Kier alpha value is -1.77. The molecule has 1 rings (SSSR count). The minimum absolute atomic E-state index is 0.213. The van der Waals surface area contributed by atoms with E-state index in [4.69, 9.17) is 10.5 Å². The minimum atomic E-state index is -0.335. The Morgan fingerprint density at radius 2 is 2.08 bits per heavy atom. The average Bonchev–Trinajstić information content (AvgIpc) is 2.19. The third-order valence-corrected chi connectivity index (χ3v) is 1.46. The van der Waals surface area contributed by atoms with Crippen LogP contribution < -0.4 is 5.73 Å². The quantitative estimate of drug-likeness (QED) is 0.708. The number of esters is 1. The van der Waals surface area contributed by atoms with Crippen molar-refractivity contribution in [1.82, 2.24) is 0 Å². The summed E-state index contributed by atoms with van der Waals surface area (Å²) >= 11 is 0. The van der Waals surface area contributed by atoms with Crippen molar-refractivity contribution in [3.63, 3.8) is 0 Å². The Kier molecular flexibility index (Phi) is 3.57. The second-order valence-corrected chi connectivity index (χ2v) is 2.39. The number of carbonyl (C=O) groups is 1. The molecule has 0 saturated heterocycles. The lowest BCUT2D eigenvalue weighted by Gasteiger charge is -2.00. The lowest BCUT2D eigenvalue weighted by atomic mass is 10.2. The van der Waals surface area contributed by atoms with Crippen LogP contribution in [0.5, 0.6) is 0 Å². The van der Waals surface area contributed by atoms with Crippen LogP contribution in [0, 0.1) is 0 Å². The van der Waals surface area contributed by atoms with E-state index in [1.165, 1.54) is 6.20 Å². The molecule has 0 amide bonds. The van der Waals surface area contributed by atoms with Gasteiger partial charge in [-0.3, -0.25) is 0 Å². The third-order valence-electron chi connectivity index (χ3n) is 1.46. The van der Waals surface area contributed by atoms with Crippen molar-refractivity contribution >= 4 is 5.97 Å². The summed E-state index contributed by atoms with van der Waals surface area (Å²) in [6.07, 6.45) is 2.92. The van der Waals surface area contributed by atoms with Crippen LogP contribution in [0.25, 0.3) is 0 Å². The maximum atomic E-state index is 11.2. The van der Waals surface area contributed by atoms with Crippen LogP contribution in [0.3, 0.4) is 0 Å². The number of benzene rings is 1. The van der Waals surface area contributed by atoms with Gasteiger partial charge in [0.1, 0.15) is 6.61 Å². The second-order valence-electron chi connectivity index (χ2n) is 2.39. The first-order valence-electron chi connectivity index (χ1n) is 3.93. The van der Waals surface area contributed by atoms with E-state index in [9.17, 15) is 4.79 Å². The normalized spacial score (nSPS) is 10.2. The van der Waals surface area contributed by atoms with Crippen molar-refractivity contribution in [3.05, 3.63) is 48.2 Å². The van der Waals surface area contributed by atoms with Gasteiger partial charge < -0.3 is 10.5 Å². The summed E-state index contributed by atoms with van der Waals surface area (Å²) in [6.45, 7) is 0.213. The first-order valence-corrected chi connectivity index (χ1v) is 3.93. The molecule has 13 heavy (non-hydrogen) atoms. The fourth-order valence-electron chi connectivity index (χ4n) is 0.837. The minimum Gasteiger partial charge on any atom is -0.458 e. The average molecular weight is 177 g/mol. The monoisotopic (exact) mass is 177 g/mol. The lowest BCUT2D eigenvalue weighted by Crippen LogP contribution is -2.04. The van der Waals surface area contributed by atoms with Crippen LogP contribution in [0.15, 0.2) is 42.6 Å². The molecule has 0 saturated carbocycles. The van der Waals surface area contributed by atoms with Gasteiger partial charge in [-0.25, -0.2) is 4.79 Å². The number of hydrogen-bond donors (Lipinski definition) is 1. The van der Waals surface area contributed by atoms with E-state index in [1.807, 2.05) is 6.07 Å². The molecule has 0 atom stereocenters. The van der Waals surface area contributed by atoms with Crippen molar-refractivity contribution in [3.8, 4) is 0 Å². The zero-order valence-corrected chi connectivity index (χ0v) is 7.14. The van der Waals surface area contributed by atoms with Crippen molar-refractivity contribution in [2.24, 2.45) is 5.73 Å². The summed E-state index contributed by atoms with van der Waals surface area (Å²) in [5.74, 6) is -0.335. The van der Waals surface area contributed by atoms with E-state index in [1.54, 1.807) is 30.3 Å². The largest absolute Gasteiger partial charge is 0.458 e. The lowest BCUT2D eigenvalue weighted by molar-refractivity contribution is 0.0549. The van der Waals surface area contributed by atoms with Gasteiger partial charge in [0, 0.05) is 0 Å². The predicted molar refractivity (Wildman–Crippen MR) is 50.1 cm³/mol. The molecule has 0 unspecified atom stereocenters. The summed E-state index contributed by atoms with van der Waals surface area (Å²) < 4.78 is 4.86. The highest BCUT2D eigenvalue weighted by Gasteiger charge is 2.03. The molecule has 0 aliphatic carbocycles. The SMILES string of the molecule is NC=CCOC(=O)c1ccccc1. The van der Waals surface area contributed by atoms with Crippen molar-refractivity contribution in [2.75, 3.05) is 6.61 Å². The third kappa shape index (κ3) is 2.99. The molecular weight excluding hydrogens is 166 g/mol. The van der Waals surface area contributed by atoms with Crippen molar-refractivity contribution < 1.29 is 9.53 Å². The molecule has 2 N–H and O–H groups in total. The van der Waals surface area contributed by atoms with Crippen molar-refractivity contribution in [1.29, 1.82) is 0 Å². The molecule has 68 valence electrons. The number of nitrogens with two attached hydrogens (primary N) is 1. The van der Waals surface area contributed by atoms with Gasteiger partial charge in [-0.05, 0) is 24.4 Å². The molecule has 0 aliphatic rings. The Bertz CT molecular complexity index is 293. The molecular formula is C10H11NO2. The molecule has 1 aromatic carbocycles. The fraction of sp³-hybridized carbons (Fsp3) is 0.100. The van der Waals surface area contributed by atoms with E-state index in [-0.39, 0.29) is 12.6 Å². The maximum absolute atomic E-state index is 11.2. The Labute approximate surface area is 76.8 Å². The van der Waals surface area contributed by atoms with Crippen LogP contribution in [0.1, 0.15) is 10.4 Å². The summed E-state index contributed by atoms with van der Waals surface area (Å²) in [5.41, 5.74) is 5.63. The van der Waals surface area contributed by atoms with Crippen LogP contribution in [-0.4, -0.2) is 12.6 Å². The van der Waals surface area contributed by atoms with Gasteiger partial charge in [-0.15, -0.1) is 0 Å². The van der Waals surface area contributed by atoms with Gasteiger partial charge in [0.2, 0.25) is 0 Å². The van der Waals surface area contributed by atoms with E-state index >= 15 is 0 Å². The van der Waals surface area contributed by atoms with Gasteiger partial charge in [-0.2, -0.15) is 0 Å². The molecule has 0 aliphatic heterocycles. The van der Waals surface area contributed by atoms with Gasteiger partial charge >= 0.3 is 5.97 Å². The summed E-state index contributed by atoms with van der Waals surface area (Å²) in [7, 11) is 0. The van der Waals surface area contributed by atoms with E-state index < -0.39 is 0 Å². The van der Waals surface area contributed by atoms with Gasteiger partial charge in [-0.1, -0.05) is 18.2 Å². The topological polar surface area (TPSA) is 52.3 Å². The molecule has 0 fully saturated rings. The maximum Gasteiger partial charge on any atom is 0.338 e. The van der Waals surface area contributed by atoms with Gasteiger partial charge in [0.25, 0.3) is 0 Å². The van der Waals surface area contributed by atoms with Crippen molar-refractivity contribution in [2.45, 2.75) is 0 Å². The Morgan fingerprint density at radius 1 is 1.38 bits per heavy atom. The first-order chi connectivity index (χ1) is 6.34. The highest BCUT2D eigenvalue weighted by atomic mass is 16.5. The highest BCUT2D eigenvalue weighted by Crippen LogP contribution is 2.00. The van der Waals surface area contributed by atoms with Crippen LogP contribution in [0.4, 0.5) is 0 Å². The summed E-state index contributed by atoms with van der Waals surface area (Å²) in [6, 6.07) is 8.82. The molecule has 3 nitrogen and oxygen atoms in total. The number of carbonyl (C=O) groups excluding carboxylic acids is 1. The first kappa shape index (κ1) is 9.32. The number of hydrogen-bond acceptors (Lipinski definition) is 3. The highest BCUT2D eigenvalue weighted by molar-refractivity contribution is 5.89. The Balaban J connectivity index is 2.49. The van der Waals surface area contributed by atoms with E-state index in [2.05, 4.69) is 0 Å². The molecule has 0 heterocycles. The predicted octanol–water partition coefficient (Wildman–Crippen LogP) is 1.32. The molecule has 0 radical (unpaired) electrons. The molecule has 0 spiro atoms. The summed E-state index contributed by atoms with van der Waals surface area (Å²) in [4.78, 5) is 11.2. The smallest absolute Gasteiger partial charge is 0.338 e. The van der Waals surface area contributed by atoms with Gasteiger partial charge in [0.15, 0.2) is 0 Å². The molecule has 1 aromatic rings. The molecule has 0 bridgehead atoms. The van der Waals surface area contributed by atoms with E-state index in [0.717, 1.165) is 0 Å².